The Morgan fingerprint density at radius 2 is 1.58 bits per heavy atom. The van der Waals surface area contributed by atoms with Crippen LogP contribution in [0, 0.1) is 0 Å². The predicted octanol–water partition coefficient (Wildman–Crippen LogP) is 3.26. The molecule has 5 heteroatoms. The van der Waals surface area contributed by atoms with Crippen molar-refractivity contribution in [3.63, 3.8) is 0 Å². The van der Waals surface area contributed by atoms with Gasteiger partial charge in [0.15, 0.2) is 0 Å². The van der Waals surface area contributed by atoms with E-state index in [4.69, 9.17) is 4.74 Å². The summed E-state index contributed by atoms with van der Waals surface area (Å²) in [6.07, 6.45) is 0.198. The summed E-state index contributed by atoms with van der Waals surface area (Å²) in [4.78, 5) is 28.1. The summed E-state index contributed by atoms with van der Waals surface area (Å²) in [5, 5.41) is 0. The smallest absolute Gasteiger partial charge is 0.410 e. The number of amides is 2. The summed E-state index contributed by atoms with van der Waals surface area (Å²) in [5.74, 6) is 0.345. The number of hydrogen-bond donors (Lipinski definition) is 0. The molecule has 1 aliphatic rings. The maximum absolute atomic E-state index is 12.5. The number of hydrogen-bond acceptors (Lipinski definition) is 3. The lowest BCUT2D eigenvalue weighted by Gasteiger charge is -2.36. The second-order valence-electron chi connectivity index (χ2n) is 7.36. The number of carbonyl (C=O) groups is 2. The van der Waals surface area contributed by atoms with Gasteiger partial charge in [0, 0.05) is 32.6 Å². The average Bonchev–Trinajstić information content (AvgIpc) is 2.54. The van der Waals surface area contributed by atoms with E-state index in [0.29, 0.717) is 32.6 Å². The van der Waals surface area contributed by atoms with Gasteiger partial charge in [0.25, 0.3) is 0 Å². The third kappa shape index (κ3) is 5.25. The molecule has 5 nitrogen and oxygen atoms in total. The molecule has 1 unspecified atom stereocenters. The van der Waals surface area contributed by atoms with Gasteiger partial charge >= 0.3 is 6.09 Å². The normalized spacial score (nSPS) is 16.7. The summed E-state index contributed by atoms with van der Waals surface area (Å²) >= 11 is 0. The third-order valence-electron chi connectivity index (χ3n) is 4.13. The molecule has 2 rings (SSSR count). The Kier molecular flexibility index (Phi) is 5.86. The highest BCUT2D eigenvalue weighted by Crippen LogP contribution is 2.20. The molecule has 1 aromatic rings. The monoisotopic (exact) mass is 332 g/mol. The average molecular weight is 332 g/mol. The van der Waals surface area contributed by atoms with Crippen LogP contribution in [0.3, 0.4) is 0 Å². The Balaban J connectivity index is 1.81. The van der Waals surface area contributed by atoms with Gasteiger partial charge in [-0.2, -0.15) is 0 Å². The molecular formula is C19H28N2O3. The van der Waals surface area contributed by atoms with Gasteiger partial charge in [0.1, 0.15) is 5.60 Å². The number of rotatable bonds is 3. The van der Waals surface area contributed by atoms with Crippen LogP contribution in [0.5, 0.6) is 0 Å². The molecule has 1 saturated heterocycles. The van der Waals surface area contributed by atoms with E-state index in [0.717, 1.165) is 0 Å². The van der Waals surface area contributed by atoms with E-state index in [-0.39, 0.29) is 17.9 Å². The SMILES string of the molecule is CC(CC(=O)N1CCN(C(=O)OC(C)(C)C)CC1)c1ccccc1. The highest BCUT2D eigenvalue weighted by molar-refractivity contribution is 5.77. The molecule has 1 atom stereocenters. The van der Waals surface area contributed by atoms with Gasteiger partial charge in [-0.15, -0.1) is 0 Å². The van der Waals surface area contributed by atoms with Crippen molar-refractivity contribution < 1.29 is 14.3 Å². The lowest BCUT2D eigenvalue weighted by atomic mass is 9.97. The predicted molar refractivity (Wildman–Crippen MR) is 93.9 cm³/mol. The van der Waals surface area contributed by atoms with E-state index >= 15 is 0 Å². The highest BCUT2D eigenvalue weighted by atomic mass is 16.6. The van der Waals surface area contributed by atoms with Crippen LogP contribution in [-0.4, -0.2) is 53.6 Å². The molecule has 0 spiro atoms. The molecule has 132 valence electrons. The minimum Gasteiger partial charge on any atom is -0.444 e. The molecule has 0 radical (unpaired) electrons. The van der Waals surface area contributed by atoms with E-state index in [1.165, 1.54) is 5.56 Å². The van der Waals surface area contributed by atoms with E-state index in [2.05, 4.69) is 19.1 Å². The number of nitrogens with zero attached hydrogens (tertiary/aromatic N) is 2. The second kappa shape index (κ2) is 7.69. The topological polar surface area (TPSA) is 49.9 Å². The Labute approximate surface area is 144 Å². The maximum atomic E-state index is 12.5. The molecule has 1 fully saturated rings. The van der Waals surface area contributed by atoms with Crippen LogP contribution in [0.1, 0.15) is 45.6 Å². The van der Waals surface area contributed by atoms with Gasteiger partial charge in [0.05, 0.1) is 0 Å². The highest BCUT2D eigenvalue weighted by Gasteiger charge is 2.28. The minimum absolute atomic E-state index is 0.148. The summed E-state index contributed by atoms with van der Waals surface area (Å²) in [6, 6.07) is 10.1. The van der Waals surface area contributed by atoms with Crippen LogP contribution < -0.4 is 0 Å². The van der Waals surface area contributed by atoms with Crippen molar-refractivity contribution in [3.8, 4) is 0 Å². The first-order valence-corrected chi connectivity index (χ1v) is 8.57. The molecule has 1 aliphatic heterocycles. The quantitative estimate of drug-likeness (QED) is 0.853. The maximum Gasteiger partial charge on any atom is 0.410 e. The second-order valence-corrected chi connectivity index (χ2v) is 7.36. The van der Waals surface area contributed by atoms with Gasteiger partial charge in [-0.25, -0.2) is 4.79 Å². The van der Waals surface area contributed by atoms with Crippen LogP contribution in [-0.2, 0) is 9.53 Å². The third-order valence-corrected chi connectivity index (χ3v) is 4.13. The lowest BCUT2D eigenvalue weighted by Crippen LogP contribution is -2.51. The summed E-state index contributed by atoms with van der Waals surface area (Å²) in [6.45, 7) is 9.84. The standard InChI is InChI=1S/C19H28N2O3/c1-15(16-8-6-5-7-9-16)14-17(22)20-10-12-21(13-11-20)18(23)24-19(2,3)4/h5-9,15H,10-14H2,1-4H3. The molecule has 2 amide bonds. The largest absolute Gasteiger partial charge is 0.444 e. The summed E-state index contributed by atoms with van der Waals surface area (Å²) in [5.41, 5.74) is 0.688. The number of piperazine rings is 1. The van der Waals surface area contributed by atoms with Crippen LogP contribution >= 0.6 is 0 Å². The molecular weight excluding hydrogens is 304 g/mol. The Bertz CT molecular complexity index is 558. The minimum atomic E-state index is -0.491. The van der Waals surface area contributed by atoms with E-state index in [9.17, 15) is 9.59 Å². The Morgan fingerprint density at radius 1 is 1.04 bits per heavy atom. The van der Waals surface area contributed by atoms with Gasteiger partial charge < -0.3 is 14.5 Å². The first-order chi connectivity index (χ1) is 11.3. The fourth-order valence-electron chi connectivity index (χ4n) is 2.76. The van der Waals surface area contributed by atoms with Gasteiger partial charge in [-0.1, -0.05) is 37.3 Å². The fraction of sp³-hybridized carbons (Fsp3) is 0.579. The van der Waals surface area contributed by atoms with Gasteiger partial charge in [-0.05, 0) is 32.3 Å². The lowest BCUT2D eigenvalue weighted by molar-refractivity contribution is -0.133. The first kappa shape index (κ1) is 18.3. The van der Waals surface area contributed by atoms with Crippen LogP contribution in [0.15, 0.2) is 30.3 Å². The first-order valence-electron chi connectivity index (χ1n) is 8.57. The van der Waals surface area contributed by atoms with Gasteiger partial charge in [0.2, 0.25) is 5.91 Å². The molecule has 0 N–H and O–H groups in total. The molecule has 1 heterocycles. The van der Waals surface area contributed by atoms with Gasteiger partial charge in [-0.3, -0.25) is 4.79 Å². The molecule has 1 aromatic carbocycles. The zero-order chi connectivity index (χ0) is 17.7. The Morgan fingerprint density at radius 3 is 2.12 bits per heavy atom. The van der Waals surface area contributed by atoms with E-state index in [1.54, 1.807) is 4.90 Å². The van der Waals surface area contributed by atoms with Crippen molar-refractivity contribution in [2.24, 2.45) is 0 Å². The zero-order valence-corrected chi connectivity index (χ0v) is 15.1. The summed E-state index contributed by atoms with van der Waals surface area (Å²) < 4.78 is 5.38. The molecule has 0 bridgehead atoms. The van der Waals surface area contributed by atoms with Crippen molar-refractivity contribution in [1.82, 2.24) is 9.80 Å². The number of benzene rings is 1. The molecule has 0 aliphatic carbocycles. The van der Waals surface area contributed by atoms with Crippen molar-refractivity contribution in [2.45, 2.75) is 45.6 Å². The van der Waals surface area contributed by atoms with Crippen molar-refractivity contribution in [3.05, 3.63) is 35.9 Å². The zero-order valence-electron chi connectivity index (χ0n) is 15.1. The van der Waals surface area contributed by atoms with Crippen LogP contribution in [0.4, 0.5) is 4.79 Å². The van der Waals surface area contributed by atoms with E-state index < -0.39 is 5.60 Å². The number of ether oxygens (including phenoxy) is 1. The molecule has 0 saturated carbocycles. The van der Waals surface area contributed by atoms with E-state index in [1.807, 2.05) is 43.9 Å². The summed E-state index contributed by atoms with van der Waals surface area (Å²) in [7, 11) is 0. The number of carbonyl (C=O) groups excluding carboxylic acids is 2. The molecule has 24 heavy (non-hydrogen) atoms. The van der Waals surface area contributed by atoms with Crippen molar-refractivity contribution in [2.75, 3.05) is 26.2 Å². The van der Waals surface area contributed by atoms with Crippen LogP contribution in [0.2, 0.25) is 0 Å². The van der Waals surface area contributed by atoms with Crippen LogP contribution in [0.25, 0.3) is 0 Å². The Hall–Kier alpha value is -2.04. The van der Waals surface area contributed by atoms with Crippen molar-refractivity contribution in [1.29, 1.82) is 0 Å². The molecule has 0 aromatic heterocycles. The van der Waals surface area contributed by atoms with Crippen molar-refractivity contribution >= 4 is 12.0 Å². The fourth-order valence-corrected chi connectivity index (χ4v) is 2.76.